The topological polar surface area (TPSA) is 116 Å². The van der Waals surface area contributed by atoms with Gasteiger partial charge in [0.05, 0.1) is 12.2 Å². The van der Waals surface area contributed by atoms with Crippen LogP contribution in [0.25, 0.3) is 0 Å². The average Bonchev–Trinajstić information content (AvgIpc) is 2.69. The number of alkyl halides is 3. The highest BCUT2D eigenvalue weighted by Crippen LogP contribution is 2.36. The van der Waals surface area contributed by atoms with Crippen LogP contribution in [0, 0.1) is 5.92 Å². The number of carbonyl (C=O) groups excluding carboxylic acids is 2. The highest BCUT2D eigenvalue weighted by Gasteiger charge is 2.33. The number of carbonyl (C=O) groups is 2. The quantitative estimate of drug-likeness (QED) is 0.532. The highest BCUT2D eigenvalue weighted by atomic mass is 31.2. The maximum atomic E-state index is 12.8. The number of phosphoric ester groups is 1. The summed E-state index contributed by atoms with van der Waals surface area (Å²) < 4.78 is 53.6. The van der Waals surface area contributed by atoms with E-state index in [1.54, 1.807) is 13.8 Å². The zero-order chi connectivity index (χ0) is 23.4. The SMILES string of the molecule is CC(C)C(=O)N[C@@H](COP(=O)(O)O)C(=O)N1CCC(c2ccc(C(F)(F)F)cc2)CC1. The van der Waals surface area contributed by atoms with Crippen molar-refractivity contribution in [3.05, 3.63) is 35.4 Å². The normalized spacial score (nSPS) is 17.0. The fraction of sp³-hybridized carbons (Fsp3) is 0.579. The van der Waals surface area contributed by atoms with E-state index < -0.39 is 49.9 Å². The van der Waals surface area contributed by atoms with Crippen molar-refractivity contribution in [2.24, 2.45) is 5.92 Å². The Morgan fingerprint density at radius 1 is 1.19 bits per heavy atom. The van der Waals surface area contributed by atoms with E-state index in [2.05, 4.69) is 9.84 Å². The van der Waals surface area contributed by atoms with E-state index in [4.69, 9.17) is 9.79 Å². The summed E-state index contributed by atoms with van der Waals surface area (Å²) in [6.07, 6.45) is -3.40. The smallest absolute Gasteiger partial charge is 0.342 e. The molecule has 0 bridgehead atoms. The standard InChI is InChI=1S/C19H26F3N2O6P/c1-12(2)17(25)23-16(11-30-31(27,28)29)18(26)24-9-7-14(8-10-24)13-3-5-15(6-4-13)19(20,21)22/h3-6,12,14,16H,7-11H2,1-2H3,(H,23,25)(H2,27,28,29)/t16-/m0/s1. The summed E-state index contributed by atoms with van der Waals surface area (Å²) >= 11 is 0. The minimum Gasteiger partial charge on any atom is -0.342 e. The molecule has 1 aliphatic rings. The van der Waals surface area contributed by atoms with Crippen molar-refractivity contribution < 1.29 is 41.6 Å². The monoisotopic (exact) mass is 466 g/mol. The number of nitrogens with zero attached hydrogens (tertiary/aromatic N) is 1. The van der Waals surface area contributed by atoms with Gasteiger partial charge in [0.2, 0.25) is 11.8 Å². The van der Waals surface area contributed by atoms with Crippen LogP contribution in [0.15, 0.2) is 24.3 Å². The molecule has 1 atom stereocenters. The first-order chi connectivity index (χ1) is 14.3. The summed E-state index contributed by atoms with van der Waals surface area (Å²) in [7, 11) is -4.83. The Hall–Kier alpha value is -1.94. The number of nitrogens with one attached hydrogen (secondary N) is 1. The Morgan fingerprint density at radius 3 is 2.19 bits per heavy atom. The van der Waals surface area contributed by atoms with Crippen LogP contribution in [-0.2, 0) is 24.9 Å². The molecule has 1 aromatic rings. The summed E-state index contributed by atoms with van der Waals surface area (Å²) in [5.74, 6) is -1.47. The molecule has 1 saturated heterocycles. The molecule has 1 aromatic carbocycles. The third kappa shape index (κ3) is 7.60. The second-order valence-corrected chi connectivity index (χ2v) is 8.96. The molecule has 0 unspecified atom stereocenters. The Bertz CT molecular complexity index is 817. The molecule has 0 spiro atoms. The highest BCUT2D eigenvalue weighted by molar-refractivity contribution is 7.46. The summed E-state index contributed by atoms with van der Waals surface area (Å²) in [5, 5.41) is 2.44. The lowest BCUT2D eigenvalue weighted by atomic mass is 9.88. The molecule has 1 fully saturated rings. The molecule has 0 saturated carbocycles. The van der Waals surface area contributed by atoms with E-state index >= 15 is 0 Å². The molecule has 1 heterocycles. The van der Waals surface area contributed by atoms with Gasteiger partial charge in [-0.2, -0.15) is 13.2 Å². The molecule has 1 aliphatic heterocycles. The first kappa shape index (κ1) is 25.3. The van der Waals surface area contributed by atoms with Gasteiger partial charge in [0, 0.05) is 19.0 Å². The zero-order valence-corrected chi connectivity index (χ0v) is 18.0. The maximum absolute atomic E-state index is 12.8. The third-order valence-corrected chi connectivity index (χ3v) is 5.55. The van der Waals surface area contributed by atoms with Gasteiger partial charge in [-0.05, 0) is 36.5 Å². The molecule has 0 aliphatic carbocycles. The Morgan fingerprint density at radius 2 is 1.74 bits per heavy atom. The van der Waals surface area contributed by atoms with Gasteiger partial charge in [0.15, 0.2) is 0 Å². The maximum Gasteiger partial charge on any atom is 0.469 e. The molecule has 2 rings (SSSR count). The van der Waals surface area contributed by atoms with E-state index in [9.17, 15) is 27.3 Å². The van der Waals surface area contributed by atoms with Crippen molar-refractivity contribution in [3.63, 3.8) is 0 Å². The molecule has 31 heavy (non-hydrogen) atoms. The number of likely N-dealkylation sites (tertiary alicyclic amines) is 1. The minimum atomic E-state index is -4.83. The van der Waals surface area contributed by atoms with Crippen LogP contribution in [0.1, 0.15) is 43.7 Å². The number of piperidine rings is 1. The Kier molecular flexibility index (Phi) is 8.27. The number of benzene rings is 1. The van der Waals surface area contributed by atoms with Crippen LogP contribution in [-0.4, -0.2) is 52.2 Å². The number of phosphoric acid groups is 1. The number of amides is 2. The second kappa shape index (κ2) is 10.1. The number of rotatable bonds is 7. The van der Waals surface area contributed by atoms with Crippen molar-refractivity contribution >= 4 is 19.6 Å². The van der Waals surface area contributed by atoms with Crippen LogP contribution in [0.2, 0.25) is 0 Å². The van der Waals surface area contributed by atoms with Gasteiger partial charge in [-0.3, -0.25) is 14.1 Å². The Balaban J connectivity index is 2.01. The molecule has 174 valence electrons. The lowest BCUT2D eigenvalue weighted by Gasteiger charge is -2.34. The van der Waals surface area contributed by atoms with Crippen LogP contribution in [0.5, 0.6) is 0 Å². The first-order valence-electron chi connectivity index (χ1n) is 9.74. The largest absolute Gasteiger partial charge is 0.469 e. The van der Waals surface area contributed by atoms with Crippen molar-refractivity contribution in [3.8, 4) is 0 Å². The van der Waals surface area contributed by atoms with E-state index in [1.165, 1.54) is 17.0 Å². The van der Waals surface area contributed by atoms with Gasteiger partial charge in [0.25, 0.3) is 0 Å². The average molecular weight is 466 g/mol. The second-order valence-electron chi connectivity index (χ2n) is 7.72. The molecule has 3 N–H and O–H groups in total. The molecule has 0 aromatic heterocycles. The lowest BCUT2D eigenvalue weighted by Crippen LogP contribution is -2.53. The fourth-order valence-electron chi connectivity index (χ4n) is 3.28. The van der Waals surface area contributed by atoms with E-state index in [-0.39, 0.29) is 19.0 Å². The van der Waals surface area contributed by atoms with Gasteiger partial charge in [-0.1, -0.05) is 26.0 Å². The van der Waals surface area contributed by atoms with Gasteiger partial charge in [0.1, 0.15) is 6.04 Å². The van der Waals surface area contributed by atoms with Gasteiger partial charge >= 0.3 is 14.0 Å². The van der Waals surface area contributed by atoms with E-state index in [0.29, 0.717) is 12.8 Å². The van der Waals surface area contributed by atoms with Crippen molar-refractivity contribution in [2.45, 2.75) is 44.8 Å². The molecule has 2 amide bonds. The predicted octanol–water partition coefficient (Wildman–Crippen LogP) is 2.66. The number of hydrogen-bond donors (Lipinski definition) is 3. The lowest BCUT2D eigenvalue weighted by molar-refractivity contribution is -0.139. The molecule has 12 heteroatoms. The molecular weight excluding hydrogens is 440 g/mol. The van der Waals surface area contributed by atoms with Gasteiger partial charge < -0.3 is 20.0 Å². The van der Waals surface area contributed by atoms with Gasteiger partial charge in [-0.15, -0.1) is 0 Å². The van der Waals surface area contributed by atoms with Crippen LogP contribution < -0.4 is 5.32 Å². The summed E-state index contributed by atoms with van der Waals surface area (Å²) in [4.78, 5) is 44.1. The molecule has 0 radical (unpaired) electrons. The molecular formula is C19H26F3N2O6P. The van der Waals surface area contributed by atoms with E-state index in [1.807, 2.05) is 0 Å². The number of halogens is 3. The van der Waals surface area contributed by atoms with Crippen LogP contribution in [0.4, 0.5) is 13.2 Å². The molecule has 8 nitrogen and oxygen atoms in total. The van der Waals surface area contributed by atoms with Crippen molar-refractivity contribution in [1.29, 1.82) is 0 Å². The summed E-state index contributed by atoms with van der Waals surface area (Å²) in [6.45, 7) is 3.11. The first-order valence-corrected chi connectivity index (χ1v) is 11.3. The zero-order valence-electron chi connectivity index (χ0n) is 17.1. The van der Waals surface area contributed by atoms with Crippen molar-refractivity contribution in [1.82, 2.24) is 10.2 Å². The van der Waals surface area contributed by atoms with E-state index in [0.717, 1.165) is 17.7 Å². The summed E-state index contributed by atoms with van der Waals surface area (Å²) in [5.41, 5.74) is 0.0206. The predicted molar refractivity (Wildman–Crippen MR) is 105 cm³/mol. The number of hydrogen-bond acceptors (Lipinski definition) is 4. The van der Waals surface area contributed by atoms with Gasteiger partial charge in [-0.25, -0.2) is 4.57 Å². The summed E-state index contributed by atoms with van der Waals surface area (Å²) in [6, 6.07) is 3.67. The van der Waals surface area contributed by atoms with Crippen LogP contribution >= 0.6 is 7.82 Å². The minimum absolute atomic E-state index is 0.0265. The Labute approximate surface area is 178 Å². The third-order valence-electron chi connectivity index (χ3n) is 5.06. The fourth-order valence-corrected chi connectivity index (χ4v) is 3.63. The van der Waals surface area contributed by atoms with Crippen molar-refractivity contribution in [2.75, 3.05) is 19.7 Å². The van der Waals surface area contributed by atoms with Crippen LogP contribution in [0.3, 0.4) is 0 Å².